The van der Waals surface area contributed by atoms with E-state index in [1.165, 1.54) is 6.07 Å². The highest BCUT2D eigenvalue weighted by molar-refractivity contribution is 5.87. The van der Waals surface area contributed by atoms with Gasteiger partial charge >= 0.3 is 6.18 Å². The molecule has 1 fully saturated rings. The Hall–Kier alpha value is -1.27. The minimum absolute atomic E-state index is 0. The molecule has 2 rings (SSSR count). The number of carbonyl (C=O) groups excluding carboxylic acids is 1. The molecule has 1 saturated heterocycles. The molecule has 3 nitrogen and oxygen atoms in total. The molecule has 1 unspecified atom stereocenters. The predicted molar refractivity (Wildman–Crippen MR) is 90.3 cm³/mol. The monoisotopic (exact) mass is 364 g/mol. The molecule has 1 aromatic carbocycles. The first kappa shape index (κ1) is 20.8. The van der Waals surface area contributed by atoms with Crippen molar-refractivity contribution >= 4 is 18.3 Å². The largest absolute Gasteiger partial charge is 0.416 e. The molecule has 0 aliphatic carbocycles. The molecule has 0 radical (unpaired) electrons. The first-order valence-corrected chi connectivity index (χ1v) is 7.88. The van der Waals surface area contributed by atoms with E-state index in [0.717, 1.165) is 38.1 Å². The number of benzene rings is 1. The highest BCUT2D eigenvalue weighted by atomic mass is 35.5. The fraction of sp³-hybridized carbons (Fsp3) is 0.588. The highest BCUT2D eigenvalue weighted by Gasteiger charge is 2.34. The Kier molecular flexibility index (Phi) is 7.10. The van der Waals surface area contributed by atoms with Crippen LogP contribution in [0.25, 0.3) is 0 Å². The number of amides is 1. The molecule has 1 atom stereocenters. The van der Waals surface area contributed by atoms with Crippen LogP contribution in [0.1, 0.15) is 37.8 Å². The third-order valence-electron chi connectivity index (χ3n) is 4.48. The molecule has 0 bridgehead atoms. The number of halogens is 4. The summed E-state index contributed by atoms with van der Waals surface area (Å²) in [7, 11) is 0. The van der Waals surface area contributed by atoms with Gasteiger partial charge in [-0.25, -0.2) is 0 Å². The number of carbonyl (C=O) groups is 1. The average Bonchev–Trinajstić information content (AvgIpc) is 2.99. The van der Waals surface area contributed by atoms with E-state index in [0.29, 0.717) is 18.0 Å². The first-order chi connectivity index (χ1) is 10.7. The molecule has 1 aliphatic rings. The van der Waals surface area contributed by atoms with Crippen molar-refractivity contribution in [2.24, 2.45) is 5.92 Å². The van der Waals surface area contributed by atoms with Crippen LogP contribution in [0.15, 0.2) is 24.3 Å². The molecule has 7 heteroatoms. The van der Waals surface area contributed by atoms with Crippen LogP contribution < -0.4 is 10.6 Å². The van der Waals surface area contributed by atoms with E-state index in [2.05, 4.69) is 10.6 Å². The van der Waals surface area contributed by atoms with Gasteiger partial charge in [0, 0.05) is 6.54 Å². The third kappa shape index (κ3) is 5.11. The summed E-state index contributed by atoms with van der Waals surface area (Å²) in [6.07, 6.45) is -2.41. The first-order valence-electron chi connectivity index (χ1n) is 7.88. The fourth-order valence-electron chi connectivity index (χ4n) is 2.79. The molecule has 1 amide bonds. The van der Waals surface area contributed by atoms with Gasteiger partial charge in [0.25, 0.3) is 0 Å². The lowest BCUT2D eigenvalue weighted by atomic mass is 9.83. The van der Waals surface area contributed by atoms with E-state index in [-0.39, 0.29) is 18.3 Å². The van der Waals surface area contributed by atoms with E-state index < -0.39 is 17.2 Å². The smallest absolute Gasteiger partial charge is 0.355 e. The van der Waals surface area contributed by atoms with Crippen molar-refractivity contribution < 1.29 is 18.0 Å². The zero-order valence-corrected chi connectivity index (χ0v) is 14.7. The number of alkyl halides is 3. The topological polar surface area (TPSA) is 41.1 Å². The lowest BCUT2D eigenvalue weighted by molar-refractivity contribution is -0.137. The second kappa shape index (κ2) is 8.21. The lowest BCUT2D eigenvalue weighted by Crippen LogP contribution is -2.41. The predicted octanol–water partition coefficient (Wildman–Crippen LogP) is 3.52. The SMILES string of the molecule is CC(C)(C(=O)NCCC1CCNC1)c1cccc(C(F)(F)F)c1.Cl. The molecule has 0 spiro atoms. The molecule has 1 aromatic rings. The van der Waals surface area contributed by atoms with Crippen molar-refractivity contribution in [1.29, 1.82) is 0 Å². The molecule has 1 heterocycles. The number of rotatable bonds is 5. The van der Waals surface area contributed by atoms with E-state index >= 15 is 0 Å². The Balaban J connectivity index is 0.00000288. The minimum atomic E-state index is -4.40. The summed E-state index contributed by atoms with van der Waals surface area (Å²) >= 11 is 0. The van der Waals surface area contributed by atoms with Gasteiger partial charge in [-0.05, 0) is 57.3 Å². The Morgan fingerprint density at radius 2 is 1.96 bits per heavy atom. The van der Waals surface area contributed by atoms with Crippen molar-refractivity contribution in [2.45, 2.75) is 38.3 Å². The van der Waals surface area contributed by atoms with Gasteiger partial charge in [-0.3, -0.25) is 4.79 Å². The molecule has 2 N–H and O–H groups in total. The number of nitrogens with one attached hydrogen (secondary N) is 2. The Bertz CT molecular complexity index is 555. The summed E-state index contributed by atoms with van der Waals surface area (Å²) in [6, 6.07) is 4.98. The molecular weight excluding hydrogens is 341 g/mol. The highest BCUT2D eigenvalue weighted by Crippen LogP contribution is 2.32. The maximum absolute atomic E-state index is 12.8. The van der Waals surface area contributed by atoms with Gasteiger partial charge in [0.15, 0.2) is 0 Å². The van der Waals surface area contributed by atoms with Crippen molar-refractivity contribution in [1.82, 2.24) is 10.6 Å². The molecule has 0 saturated carbocycles. The Morgan fingerprint density at radius 1 is 1.29 bits per heavy atom. The van der Waals surface area contributed by atoms with Gasteiger partial charge in [0.05, 0.1) is 11.0 Å². The number of hydrogen-bond donors (Lipinski definition) is 2. The van der Waals surface area contributed by atoms with E-state index in [9.17, 15) is 18.0 Å². The quantitative estimate of drug-likeness (QED) is 0.839. The Labute approximate surface area is 146 Å². The van der Waals surface area contributed by atoms with Gasteiger partial charge in [-0.2, -0.15) is 13.2 Å². The second-order valence-electron chi connectivity index (χ2n) is 6.61. The van der Waals surface area contributed by atoms with E-state index in [1.54, 1.807) is 19.9 Å². The van der Waals surface area contributed by atoms with E-state index in [4.69, 9.17) is 0 Å². The normalized spacial score (nSPS) is 18.1. The second-order valence-corrected chi connectivity index (χ2v) is 6.61. The van der Waals surface area contributed by atoms with Gasteiger partial charge in [0.2, 0.25) is 5.91 Å². The summed E-state index contributed by atoms with van der Waals surface area (Å²) in [5.41, 5.74) is -1.37. The van der Waals surface area contributed by atoms with Crippen molar-refractivity contribution in [3.63, 3.8) is 0 Å². The minimum Gasteiger partial charge on any atom is -0.355 e. The molecule has 24 heavy (non-hydrogen) atoms. The fourth-order valence-corrected chi connectivity index (χ4v) is 2.79. The zero-order chi connectivity index (χ0) is 17.1. The Morgan fingerprint density at radius 3 is 2.54 bits per heavy atom. The maximum atomic E-state index is 12.8. The molecule has 0 aromatic heterocycles. The summed E-state index contributed by atoms with van der Waals surface area (Å²) in [6.45, 7) is 5.82. The van der Waals surface area contributed by atoms with Crippen LogP contribution in [0.5, 0.6) is 0 Å². The maximum Gasteiger partial charge on any atom is 0.416 e. The van der Waals surface area contributed by atoms with Crippen molar-refractivity contribution in [2.75, 3.05) is 19.6 Å². The summed E-state index contributed by atoms with van der Waals surface area (Å²) in [5, 5.41) is 6.13. The third-order valence-corrected chi connectivity index (χ3v) is 4.48. The van der Waals surface area contributed by atoms with E-state index in [1.807, 2.05) is 0 Å². The summed E-state index contributed by atoms with van der Waals surface area (Å²) < 4.78 is 38.5. The summed E-state index contributed by atoms with van der Waals surface area (Å²) in [4.78, 5) is 12.4. The summed E-state index contributed by atoms with van der Waals surface area (Å²) in [5.74, 6) is 0.315. The zero-order valence-electron chi connectivity index (χ0n) is 13.9. The lowest BCUT2D eigenvalue weighted by Gasteiger charge is -2.25. The van der Waals surface area contributed by atoms with Crippen LogP contribution in [0.3, 0.4) is 0 Å². The van der Waals surface area contributed by atoms with Gasteiger partial charge in [0.1, 0.15) is 0 Å². The van der Waals surface area contributed by atoms with Crippen molar-refractivity contribution in [3.05, 3.63) is 35.4 Å². The van der Waals surface area contributed by atoms with Crippen molar-refractivity contribution in [3.8, 4) is 0 Å². The molecule has 136 valence electrons. The average molecular weight is 365 g/mol. The van der Waals surface area contributed by atoms with Gasteiger partial charge in [-0.1, -0.05) is 18.2 Å². The van der Waals surface area contributed by atoms with Crippen LogP contribution in [-0.4, -0.2) is 25.5 Å². The molecule has 1 aliphatic heterocycles. The standard InChI is InChI=1S/C17H23F3N2O.ClH/c1-16(2,13-4-3-5-14(10-13)17(18,19)20)15(23)22-9-7-12-6-8-21-11-12;/h3-5,10,12,21H,6-9,11H2,1-2H3,(H,22,23);1H. The van der Waals surface area contributed by atoms with Crippen LogP contribution in [0, 0.1) is 5.92 Å². The van der Waals surface area contributed by atoms with Crippen LogP contribution in [0.2, 0.25) is 0 Å². The number of hydrogen-bond acceptors (Lipinski definition) is 2. The van der Waals surface area contributed by atoms with Crippen LogP contribution in [-0.2, 0) is 16.4 Å². The van der Waals surface area contributed by atoms with Crippen LogP contribution in [0.4, 0.5) is 13.2 Å². The van der Waals surface area contributed by atoms with Gasteiger partial charge in [-0.15, -0.1) is 12.4 Å². The molecular formula is C17H24ClF3N2O. The van der Waals surface area contributed by atoms with Gasteiger partial charge < -0.3 is 10.6 Å². The van der Waals surface area contributed by atoms with Crippen LogP contribution >= 0.6 is 12.4 Å².